The lowest BCUT2D eigenvalue weighted by molar-refractivity contribution is 0.313. The van der Waals surface area contributed by atoms with E-state index in [9.17, 15) is 0 Å². The third-order valence-electron chi connectivity index (χ3n) is 5.40. The number of nitrogens with one attached hydrogen (secondary N) is 1. The van der Waals surface area contributed by atoms with Crippen LogP contribution in [0.3, 0.4) is 0 Å². The average Bonchev–Trinajstić information content (AvgIpc) is 3.10. The van der Waals surface area contributed by atoms with Crippen molar-refractivity contribution in [3.8, 4) is 5.75 Å². The maximum Gasteiger partial charge on any atom is 0.119 e. The Morgan fingerprint density at radius 3 is 2.50 bits per heavy atom. The average molecular weight is 348 g/mol. The molecule has 2 aromatic carbocycles. The van der Waals surface area contributed by atoms with Crippen molar-refractivity contribution >= 4 is 5.84 Å². The quantitative estimate of drug-likeness (QED) is 0.733. The van der Waals surface area contributed by atoms with Crippen LogP contribution in [0, 0.1) is 0 Å². The van der Waals surface area contributed by atoms with Gasteiger partial charge in [0, 0.05) is 12.5 Å². The van der Waals surface area contributed by atoms with E-state index in [1.165, 1.54) is 42.6 Å². The van der Waals surface area contributed by atoms with Crippen molar-refractivity contribution in [2.45, 2.75) is 57.0 Å². The van der Waals surface area contributed by atoms with Gasteiger partial charge in [0.2, 0.25) is 0 Å². The molecule has 0 bridgehead atoms. The minimum atomic E-state index is 0.539. The van der Waals surface area contributed by atoms with Gasteiger partial charge in [-0.25, -0.2) is 0 Å². The van der Waals surface area contributed by atoms with Gasteiger partial charge in [-0.2, -0.15) is 0 Å². The number of hydrogen-bond acceptors (Lipinski definition) is 3. The van der Waals surface area contributed by atoms with Crippen molar-refractivity contribution in [2.24, 2.45) is 4.99 Å². The first kappa shape index (κ1) is 17.1. The zero-order valence-electron chi connectivity index (χ0n) is 15.4. The van der Waals surface area contributed by atoms with Gasteiger partial charge in [0.25, 0.3) is 0 Å². The Morgan fingerprint density at radius 2 is 1.69 bits per heavy atom. The maximum atomic E-state index is 5.91. The van der Waals surface area contributed by atoms with E-state index in [0.29, 0.717) is 12.1 Å². The molecule has 1 N–H and O–H groups in total. The fourth-order valence-corrected chi connectivity index (χ4v) is 3.99. The summed E-state index contributed by atoms with van der Waals surface area (Å²) in [6.07, 6.45) is 8.20. The second-order valence-electron chi connectivity index (χ2n) is 7.44. The Labute approximate surface area is 156 Å². The molecule has 1 aliphatic heterocycles. The van der Waals surface area contributed by atoms with Crippen molar-refractivity contribution in [3.05, 3.63) is 65.7 Å². The molecule has 1 heterocycles. The van der Waals surface area contributed by atoms with Crippen LogP contribution in [-0.4, -0.2) is 24.5 Å². The molecule has 1 fully saturated rings. The summed E-state index contributed by atoms with van der Waals surface area (Å²) < 4.78 is 5.91. The van der Waals surface area contributed by atoms with E-state index >= 15 is 0 Å². The van der Waals surface area contributed by atoms with E-state index in [4.69, 9.17) is 9.73 Å². The molecule has 2 unspecified atom stereocenters. The second-order valence-corrected chi connectivity index (χ2v) is 7.44. The van der Waals surface area contributed by atoms with Crippen LogP contribution in [0.1, 0.15) is 49.7 Å². The predicted octanol–water partition coefficient (Wildman–Crippen LogP) is 4.75. The highest BCUT2D eigenvalue weighted by molar-refractivity contribution is 5.84. The molecule has 3 heteroatoms. The minimum absolute atomic E-state index is 0.539. The Morgan fingerprint density at radius 1 is 0.923 bits per heavy atom. The summed E-state index contributed by atoms with van der Waals surface area (Å²) in [5.41, 5.74) is 2.65. The number of rotatable bonds is 7. The number of fused-ring (bicyclic) bond motifs is 1. The van der Waals surface area contributed by atoms with Crippen molar-refractivity contribution in [2.75, 3.05) is 6.61 Å². The van der Waals surface area contributed by atoms with Crippen LogP contribution in [0.2, 0.25) is 0 Å². The van der Waals surface area contributed by atoms with Crippen molar-refractivity contribution < 1.29 is 4.74 Å². The van der Waals surface area contributed by atoms with E-state index in [2.05, 4.69) is 59.9 Å². The number of hydrogen-bond donors (Lipinski definition) is 1. The molecular weight excluding hydrogens is 320 g/mol. The highest BCUT2D eigenvalue weighted by Gasteiger charge is 2.30. The van der Waals surface area contributed by atoms with E-state index in [1.807, 2.05) is 0 Å². The molecule has 2 aliphatic rings. The van der Waals surface area contributed by atoms with Gasteiger partial charge in [-0.1, -0.05) is 55.3 Å². The largest absolute Gasteiger partial charge is 0.494 e. The number of ether oxygens (including phenoxy) is 1. The van der Waals surface area contributed by atoms with Crippen molar-refractivity contribution in [1.29, 1.82) is 0 Å². The molecule has 1 saturated carbocycles. The minimum Gasteiger partial charge on any atom is -0.494 e. The second kappa shape index (κ2) is 8.39. The van der Waals surface area contributed by atoms with Crippen molar-refractivity contribution in [1.82, 2.24) is 5.32 Å². The number of nitrogens with zero attached hydrogens (tertiary/aromatic N) is 1. The van der Waals surface area contributed by atoms with Gasteiger partial charge in [-0.15, -0.1) is 0 Å². The molecule has 2 atom stereocenters. The molecule has 3 nitrogen and oxygen atoms in total. The van der Waals surface area contributed by atoms with Gasteiger partial charge in [0.15, 0.2) is 0 Å². The number of benzene rings is 2. The molecule has 0 amide bonds. The van der Waals surface area contributed by atoms with Gasteiger partial charge in [0.1, 0.15) is 5.75 Å². The summed E-state index contributed by atoms with van der Waals surface area (Å²) in [6.45, 7) is 0.744. The molecule has 0 spiro atoms. The lowest BCUT2D eigenvalue weighted by atomic mass is 9.92. The summed E-state index contributed by atoms with van der Waals surface area (Å²) in [5, 5.41) is 3.62. The lowest BCUT2D eigenvalue weighted by Gasteiger charge is -2.23. The van der Waals surface area contributed by atoms with Crippen LogP contribution in [0.15, 0.2) is 59.6 Å². The van der Waals surface area contributed by atoms with Crippen LogP contribution >= 0.6 is 0 Å². The summed E-state index contributed by atoms with van der Waals surface area (Å²) in [4.78, 5) is 4.86. The Hall–Kier alpha value is -2.29. The lowest BCUT2D eigenvalue weighted by Crippen LogP contribution is -2.36. The summed E-state index contributed by atoms with van der Waals surface area (Å²) >= 11 is 0. The van der Waals surface area contributed by atoms with Crippen LogP contribution in [0.5, 0.6) is 5.75 Å². The highest BCUT2D eigenvalue weighted by atomic mass is 16.5. The molecule has 1 aliphatic carbocycles. The van der Waals surface area contributed by atoms with Gasteiger partial charge in [0.05, 0.1) is 18.5 Å². The standard InChI is InChI=1S/C23H28N2O/c1-2-7-18(8-3-1)17-19-12-14-20(15-13-19)26-16-6-11-23-24-21-9-4-5-10-22(21)25-23/h1-3,7-8,12-15,21-22H,4-6,9-11,16-17H2,(H,24,25). The molecule has 136 valence electrons. The summed E-state index contributed by atoms with van der Waals surface area (Å²) in [5.74, 6) is 2.15. The smallest absolute Gasteiger partial charge is 0.119 e. The third-order valence-corrected chi connectivity index (χ3v) is 5.40. The molecule has 0 saturated heterocycles. The van der Waals surface area contributed by atoms with E-state index in [0.717, 1.165) is 31.6 Å². The Bertz CT molecular complexity index is 724. The van der Waals surface area contributed by atoms with Crippen LogP contribution in [0.25, 0.3) is 0 Å². The van der Waals surface area contributed by atoms with Crippen LogP contribution < -0.4 is 10.1 Å². The Balaban J connectivity index is 1.19. The Kier molecular flexibility index (Phi) is 5.53. The molecular formula is C23H28N2O. The summed E-state index contributed by atoms with van der Waals surface area (Å²) in [7, 11) is 0. The van der Waals surface area contributed by atoms with E-state index in [-0.39, 0.29) is 0 Å². The molecule has 4 rings (SSSR count). The monoisotopic (exact) mass is 348 g/mol. The van der Waals surface area contributed by atoms with Gasteiger partial charge >= 0.3 is 0 Å². The first-order chi connectivity index (χ1) is 12.9. The molecule has 0 aromatic heterocycles. The SMILES string of the molecule is c1ccc(Cc2ccc(OCCCC3=NC4CCCCC4N3)cc2)cc1. The fraction of sp³-hybridized carbons (Fsp3) is 0.435. The number of amidine groups is 1. The predicted molar refractivity (Wildman–Crippen MR) is 107 cm³/mol. The van der Waals surface area contributed by atoms with Gasteiger partial charge in [-0.3, -0.25) is 4.99 Å². The highest BCUT2D eigenvalue weighted by Crippen LogP contribution is 2.25. The van der Waals surface area contributed by atoms with Crippen molar-refractivity contribution in [3.63, 3.8) is 0 Å². The van der Waals surface area contributed by atoms with E-state index in [1.54, 1.807) is 0 Å². The zero-order valence-corrected chi connectivity index (χ0v) is 15.4. The van der Waals surface area contributed by atoms with E-state index < -0.39 is 0 Å². The van der Waals surface area contributed by atoms with Crippen LogP contribution in [0.4, 0.5) is 0 Å². The van der Waals surface area contributed by atoms with Gasteiger partial charge in [-0.05, 0) is 48.9 Å². The van der Waals surface area contributed by atoms with Crippen LogP contribution in [-0.2, 0) is 6.42 Å². The third kappa shape index (κ3) is 4.46. The molecule has 2 aromatic rings. The summed E-state index contributed by atoms with van der Waals surface area (Å²) in [6, 6.07) is 20.2. The maximum absolute atomic E-state index is 5.91. The topological polar surface area (TPSA) is 33.6 Å². The fourth-order valence-electron chi connectivity index (χ4n) is 3.99. The first-order valence-corrected chi connectivity index (χ1v) is 9.96. The number of aliphatic imine (C=N–C) groups is 1. The van der Waals surface area contributed by atoms with Gasteiger partial charge < -0.3 is 10.1 Å². The zero-order chi connectivity index (χ0) is 17.6. The first-order valence-electron chi connectivity index (χ1n) is 9.96. The normalized spacial score (nSPS) is 21.6. The molecule has 26 heavy (non-hydrogen) atoms. The molecule has 0 radical (unpaired) electrons.